The summed E-state index contributed by atoms with van der Waals surface area (Å²) in [5.41, 5.74) is 1.05. The second-order valence-corrected chi connectivity index (χ2v) is 4.42. The van der Waals surface area contributed by atoms with Crippen LogP contribution in [0, 0.1) is 0 Å². The Kier molecular flexibility index (Phi) is 3.39. The van der Waals surface area contributed by atoms with Crippen LogP contribution in [0.1, 0.15) is 12.0 Å². The maximum atomic E-state index is 6.03. The maximum absolute atomic E-state index is 6.03. The summed E-state index contributed by atoms with van der Waals surface area (Å²) < 4.78 is 10.4. The molecule has 2 rings (SSSR count). The Balaban J connectivity index is 2.17. The van der Waals surface area contributed by atoms with Gasteiger partial charge in [0.25, 0.3) is 0 Å². The fraction of sp³-hybridized carbons (Fsp3) is 0.455. The van der Waals surface area contributed by atoms with Gasteiger partial charge in [-0.25, -0.2) is 0 Å². The minimum atomic E-state index is 0.410. The van der Waals surface area contributed by atoms with Gasteiger partial charge in [0, 0.05) is 5.02 Å². The van der Waals surface area contributed by atoms with E-state index in [1.807, 2.05) is 6.07 Å². The van der Waals surface area contributed by atoms with Crippen molar-refractivity contribution in [3.8, 4) is 5.75 Å². The summed E-state index contributed by atoms with van der Waals surface area (Å²) >= 11 is 12.0. The van der Waals surface area contributed by atoms with E-state index in [0.717, 1.165) is 30.8 Å². The topological polar surface area (TPSA) is 21.8 Å². The molecule has 0 aromatic heterocycles. The minimum Gasteiger partial charge on any atom is -0.495 e. The first kappa shape index (κ1) is 11.1. The molecule has 1 aromatic carbocycles. The number of ether oxygens (including phenoxy) is 2. The van der Waals surface area contributed by atoms with E-state index >= 15 is 0 Å². The molecule has 82 valence electrons. The number of rotatable bonds is 4. The molecule has 0 radical (unpaired) electrons. The quantitative estimate of drug-likeness (QED) is 0.761. The summed E-state index contributed by atoms with van der Waals surface area (Å²) in [5, 5.41) is 1.21. The molecule has 2 nitrogen and oxygen atoms in total. The Hall–Kier alpha value is -0.440. The number of hydrogen-bond donors (Lipinski definition) is 0. The number of aryl methyl sites for hydroxylation is 1. The van der Waals surface area contributed by atoms with E-state index in [1.54, 1.807) is 13.2 Å². The van der Waals surface area contributed by atoms with Gasteiger partial charge >= 0.3 is 0 Å². The lowest BCUT2D eigenvalue weighted by molar-refractivity contribution is 0.389. The van der Waals surface area contributed by atoms with Gasteiger partial charge in [-0.2, -0.15) is 0 Å². The van der Waals surface area contributed by atoms with Crippen molar-refractivity contribution in [3.05, 3.63) is 27.7 Å². The highest BCUT2D eigenvalue weighted by Gasteiger charge is 2.22. The first-order valence-electron chi connectivity index (χ1n) is 4.84. The van der Waals surface area contributed by atoms with Crippen LogP contribution < -0.4 is 4.74 Å². The number of halogens is 2. The van der Waals surface area contributed by atoms with Crippen molar-refractivity contribution >= 4 is 23.2 Å². The summed E-state index contributed by atoms with van der Waals surface area (Å²) in [5.74, 6) is 0.724. The lowest BCUT2D eigenvalue weighted by Crippen LogP contribution is -1.96. The van der Waals surface area contributed by atoms with Crippen molar-refractivity contribution < 1.29 is 9.47 Å². The molecule has 0 spiro atoms. The number of benzene rings is 1. The van der Waals surface area contributed by atoms with Crippen LogP contribution in [0.15, 0.2) is 12.1 Å². The normalized spacial score (nSPS) is 19.0. The van der Waals surface area contributed by atoms with Gasteiger partial charge in [0.05, 0.1) is 24.8 Å². The van der Waals surface area contributed by atoms with Gasteiger partial charge in [0.1, 0.15) is 5.75 Å². The summed E-state index contributed by atoms with van der Waals surface area (Å²) in [4.78, 5) is 0. The lowest BCUT2D eigenvalue weighted by atomic mass is 10.1. The van der Waals surface area contributed by atoms with Crippen LogP contribution in [0.2, 0.25) is 10.0 Å². The molecule has 4 heteroatoms. The molecule has 0 aliphatic carbocycles. The Labute approximate surface area is 99.1 Å². The predicted octanol–water partition coefficient (Wildman–Crippen LogP) is 3.33. The van der Waals surface area contributed by atoms with Crippen LogP contribution in [0.5, 0.6) is 5.75 Å². The van der Waals surface area contributed by atoms with E-state index in [-0.39, 0.29) is 0 Å². The summed E-state index contributed by atoms with van der Waals surface area (Å²) in [7, 11) is 1.62. The average molecular weight is 247 g/mol. The zero-order valence-corrected chi connectivity index (χ0v) is 9.94. The molecule has 1 unspecified atom stereocenters. The van der Waals surface area contributed by atoms with Gasteiger partial charge in [-0.15, -0.1) is 0 Å². The molecule has 0 amide bonds. The standard InChI is InChI=1S/C11H12Cl2O2/c1-14-11-7(2-3-9-6-15-9)4-8(12)5-10(11)13/h4-5,9H,2-3,6H2,1H3. The highest BCUT2D eigenvalue weighted by atomic mass is 35.5. The molecule has 0 bridgehead atoms. The molecule has 0 saturated carbocycles. The third-order valence-electron chi connectivity index (χ3n) is 2.43. The largest absolute Gasteiger partial charge is 0.495 e. The molecule has 1 atom stereocenters. The molecular weight excluding hydrogens is 235 g/mol. The number of hydrogen-bond acceptors (Lipinski definition) is 2. The Morgan fingerprint density at radius 2 is 2.20 bits per heavy atom. The van der Waals surface area contributed by atoms with Crippen LogP contribution in [0.4, 0.5) is 0 Å². The Morgan fingerprint density at radius 1 is 1.47 bits per heavy atom. The minimum absolute atomic E-state index is 0.410. The molecule has 0 N–H and O–H groups in total. The van der Waals surface area contributed by atoms with Crippen molar-refractivity contribution in [3.63, 3.8) is 0 Å². The number of epoxide rings is 1. The van der Waals surface area contributed by atoms with Crippen LogP contribution in [0.25, 0.3) is 0 Å². The van der Waals surface area contributed by atoms with Crippen molar-refractivity contribution in [1.29, 1.82) is 0 Å². The third kappa shape index (κ3) is 2.77. The highest BCUT2D eigenvalue weighted by molar-refractivity contribution is 6.35. The van der Waals surface area contributed by atoms with Crippen LogP contribution in [-0.2, 0) is 11.2 Å². The van der Waals surface area contributed by atoms with Gasteiger partial charge in [-0.3, -0.25) is 0 Å². The van der Waals surface area contributed by atoms with Gasteiger partial charge in [0.15, 0.2) is 0 Å². The van der Waals surface area contributed by atoms with E-state index in [1.165, 1.54) is 0 Å². The monoisotopic (exact) mass is 246 g/mol. The molecule has 1 aromatic rings. The van der Waals surface area contributed by atoms with Crippen LogP contribution in [0.3, 0.4) is 0 Å². The van der Waals surface area contributed by atoms with E-state index in [4.69, 9.17) is 32.7 Å². The fourth-order valence-electron chi connectivity index (χ4n) is 1.58. The Morgan fingerprint density at radius 3 is 2.80 bits per heavy atom. The zero-order chi connectivity index (χ0) is 10.8. The second kappa shape index (κ2) is 4.60. The van der Waals surface area contributed by atoms with E-state index < -0.39 is 0 Å². The first-order chi connectivity index (χ1) is 7.20. The van der Waals surface area contributed by atoms with Crippen molar-refractivity contribution in [1.82, 2.24) is 0 Å². The van der Waals surface area contributed by atoms with Crippen molar-refractivity contribution in [2.45, 2.75) is 18.9 Å². The van der Waals surface area contributed by atoms with Gasteiger partial charge in [-0.05, 0) is 30.5 Å². The molecular formula is C11H12Cl2O2. The predicted molar refractivity (Wildman–Crippen MR) is 61.1 cm³/mol. The average Bonchev–Trinajstić information content (AvgIpc) is 2.97. The smallest absolute Gasteiger partial charge is 0.140 e. The molecule has 1 heterocycles. The molecule has 1 aliphatic rings. The summed E-state index contributed by atoms with van der Waals surface area (Å²) in [6.45, 7) is 0.872. The maximum Gasteiger partial charge on any atom is 0.140 e. The number of methoxy groups -OCH3 is 1. The highest BCUT2D eigenvalue weighted by Crippen LogP contribution is 2.33. The fourth-order valence-corrected chi connectivity index (χ4v) is 2.19. The second-order valence-electron chi connectivity index (χ2n) is 3.57. The lowest BCUT2D eigenvalue weighted by Gasteiger charge is -2.10. The summed E-state index contributed by atoms with van der Waals surface area (Å²) in [6, 6.07) is 3.59. The molecule has 1 aliphatic heterocycles. The van der Waals surface area contributed by atoms with E-state index in [0.29, 0.717) is 16.1 Å². The Bertz CT molecular complexity index is 362. The molecule has 1 saturated heterocycles. The van der Waals surface area contributed by atoms with E-state index in [2.05, 4.69) is 0 Å². The molecule has 15 heavy (non-hydrogen) atoms. The third-order valence-corrected chi connectivity index (χ3v) is 2.93. The van der Waals surface area contributed by atoms with Crippen molar-refractivity contribution in [2.75, 3.05) is 13.7 Å². The van der Waals surface area contributed by atoms with Crippen LogP contribution >= 0.6 is 23.2 Å². The van der Waals surface area contributed by atoms with Gasteiger partial charge in [0.2, 0.25) is 0 Å². The molecule has 1 fully saturated rings. The van der Waals surface area contributed by atoms with Gasteiger partial charge < -0.3 is 9.47 Å². The summed E-state index contributed by atoms with van der Waals surface area (Å²) in [6.07, 6.45) is 2.29. The zero-order valence-electron chi connectivity index (χ0n) is 8.43. The van der Waals surface area contributed by atoms with Crippen LogP contribution in [-0.4, -0.2) is 19.8 Å². The SMILES string of the molecule is COc1c(Cl)cc(Cl)cc1CCC1CO1. The van der Waals surface area contributed by atoms with Crippen molar-refractivity contribution in [2.24, 2.45) is 0 Å². The van der Waals surface area contributed by atoms with Gasteiger partial charge in [-0.1, -0.05) is 23.2 Å². The van der Waals surface area contributed by atoms with E-state index in [9.17, 15) is 0 Å². The first-order valence-corrected chi connectivity index (χ1v) is 5.60.